The van der Waals surface area contributed by atoms with E-state index in [1.807, 2.05) is 24.3 Å². The summed E-state index contributed by atoms with van der Waals surface area (Å²) in [5, 5.41) is 3.68. The standard InChI is InChI=1S/C17H26N2O2/c1-13-5-3-2-4-6-16(13)19-11-14-7-9-15(10-8-14)21-12-17(18)20/h7-10,13,16,19H,2-6,11-12H2,1H3,(H2,18,20). The minimum absolute atomic E-state index is 0.0722. The van der Waals surface area contributed by atoms with E-state index >= 15 is 0 Å². The molecule has 2 atom stereocenters. The van der Waals surface area contributed by atoms with E-state index in [2.05, 4.69) is 12.2 Å². The van der Waals surface area contributed by atoms with Crippen molar-refractivity contribution in [1.29, 1.82) is 0 Å². The minimum atomic E-state index is -0.455. The predicted octanol–water partition coefficient (Wildman–Crippen LogP) is 2.61. The Bertz CT molecular complexity index is 445. The highest BCUT2D eigenvalue weighted by atomic mass is 16.5. The van der Waals surface area contributed by atoms with Crippen molar-refractivity contribution in [2.75, 3.05) is 6.61 Å². The fraction of sp³-hybridized carbons (Fsp3) is 0.588. The highest BCUT2D eigenvalue weighted by Crippen LogP contribution is 2.23. The first-order valence-corrected chi connectivity index (χ1v) is 7.88. The molecular formula is C17H26N2O2. The van der Waals surface area contributed by atoms with Gasteiger partial charge in [0.1, 0.15) is 5.75 Å². The highest BCUT2D eigenvalue weighted by Gasteiger charge is 2.18. The van der Waals surface area contributed by atoms with Crippen LogP contribution >= 0.6 is 0 Å². The van der Waals surface area contributed by atoms with Crippen LogP contribution in [0.4, 0.5) is 0 Å². The monoisotopic (exact) mass is 290 g/mol. The van der Waals surface area contributed by atoms with Crippen LogP contribution in [-0.4, -0.2) is 18.6 Å². The van der Waals surface area contributed by atoms with Crippen LogP contribution in [0.2, 0.25) is 0 Å². The number of hydrogen-bond donors (Lipinski definition) is 2. The molecule has 1 aliphatic carbocycles. The molecule has 1 aliphatic rings. The molecule has 0 aromatic heterocycles. The summed E-state index contributed by atoms with van der Waals surface area (Å²) in [6, 6.07) is 8.46. The zero-order valence-electron chi connectivity index (χ0n) is 12.8. The van der Waals surface area contributed by atoms with Crippen LogP contribution < -0.4 is 15.8 Å². The molecule has 2 unspecified atom stereocenters. The molecular weight excluding hydrogens is 264 g/mol. The second-order valence-corrected chi connectivity index (χ2v) is 6.00. The Balaban J connectivity index is 1.81. The average molecular weight is 290 g/mol. The molecule has 1 aromatic rings. The lowest BCUT2D eigenvalue weighted by atomic mass is 9.97. The van der Waals surface area contributed by atoms with Crippen LogP contribution in [0.3, 0.4) is 0 Å². The van der Waals surface area contributed by atoms with Gasteiger partial charge in [0, 0.05) is 12.6 Å². The van der Waals surface area contributed by atoms with Crippen LogP contribution in [0.15, 0.2) is 24.3 Å². The molecule has 1 fully saturated rings. The Kier molecular flexibility index (Phi) is 6.05. The van der Waals surface area contributed by atoms with E-state index in [0.717, 1.165) is 12.5 Å². The smallest absolute Gasteiger partial charge is 0.255 e. The van der Waals surface area contributed by atoms with Crippen LogP contribution in [0.1, 0.15) is 44.6 Å². The molecule has 21 heavy (non-hydrogen) atoms. The van der Waals surface area contributed by atoms with Gasteiger partial charge in [-0.25, -0.2) is 0 Å². The summed E-state index contributed by atoms with van der Waals surface area (Å²) in [6.45, 7) is 3.16. The maximum Gasteiger partial charge on any atom is 0.255 e. The summed E-state index contributed by atoms with van der Waals surface area (Å²) in [6.07, 6.45) is 6.68. The molecule has 0 bridgehead atoms. The van der Waals surface area contributed by atoms with Crippen molar-refractivity contribution in [2.24, 2.45) is 11.7 Å². The van der Waals surface area contributed by atoms with Gasteiger partial charge in [0.05, 0.1) is 0 Å². The zero-order valence-corrected chi connectivity index (χ0v) is 12.8. The van der Waals surface area contributed by atoms with Gasteiger partial charge in [-0.1, -0.05) is 38.3 Å². The molecule has 0 heterocycles. The Labute approximate surface area is 127 Å². The minimum Gasteiger partial charge on any atom is -0.484 e. The second kappa shape index (κ2) is 8.03. The summed E-state index contributed by atoms with van der Waals surface area (Å²) in [7, 11) is 0. The molecule has 1 aromatic carbocycles. The molecule has 116 valence electrons. The summed E-state index contributed by atoms with van der Waals surface area (Å²) >= 11 is 0. The van der Waals surface area contributed by atoms with E-state index in [1.54, 1.807) is 0 Å². The lowest BCUT2D eigenvalue weighted by molar-refractivity contribution is -0.119. The van der Waals surface area contributed by atoms with Gasteiger partial charge in [-0.15, -0.1) is 0 Å². The van der Waals surface area contributed by atoms with Gasteiger partial charge < -0.3 is 15.8 Å². The first-order valence-electron chi connectivity index (χ1n) is 7.88. The SMILES string of the molecule is CC1CCCCCC1NCc1ccc(OCC(N)=O)cc1. The number of primary amides is 1. The number of benzene rings is 1. The number of amides is 1. The molecule has 0 aliphatic heterocycles. The van der Waals surface area contributed by atoms with Crippen LogP contribution in [-0.2, 0) is 11.3 Å². The number of nitrogens with two attached hydrogens (primary N) is 1. The number of rotatable bonds is 6. The molecule has 1 saturated carbocycles. The van der Waals surface area contributed by atoms with E-state index in [4.69, 9.17) is 10.5 Å². The molecule has 0 saturated heterocycles. The third kappa shape index (κ3) is 5.38. The molecule has 2 rings (SSSR count). The summed E-state index contributed by atoms with van der Waals surface area (Å²) in [4.78, 5) is 10.7. The van der Waals surface area contributed by atoms with Crippen molar-refractivity contribution in [1.82, 2.24) is 5.32 Å². The van der Waals surface area contributed by atoms with Crippen molar-refractivity contribution >= 4 is 5.91 Å². The number of hydrogen-bond acceptors (Lipinski definition) is 3. The first kappa shape index (κ1) is 15.8. The van der Waals surface area contributed by atoms with Gasteiger partial charge in [-0.05, 0) is 36.5 Å². The van der Waals surface area contributed by atoms with Crippen LogP contribution in [0.5, 0.6) is 5.75 Å². The summed E-state index contributed by atoms with van der Waals surface area (Å²) < 4.78 is 5.26. The largest absolute Gasteiger partial charge is 0.484 e. The zero-order chi connectivity index (χ0) is 15.1. The molecule has 1 amide bonds. The van der Waals surface area contributed by atoms with Gasteiger partial charge >= 0.3 is 0 Å². The van der Waals surface area contributed by atoms with E-state index in [1.165, 1.54) is 37.7 Å². The predicted molar refractivity (Wildman–Crippen MR) is 84.0 cm³/mol. The van der Waals surface area contributed by atoms with Gasteiger partial charge in [0.2, 0.25) is 0 Å². The Hall–Kier alpha value is -1.55. The van der Waals surface area contributed by atoms with Gasteiger partial charge in [-0.2, -0.15) is 0 Å². The van der Waals surface area contributed by atoms with E-state index < -0.39 is 5.91 Å². The maximum absolute atomic E-state index is 10.7. The number of carbonyl (C=O) groups is 1. The normalized spacial score (nSPS) is 22.5. The van der Waals surface area contributed by atoms with Gasteiger partial charge in [-0.3, -0.25) is 4.79 Å². The summed E-state index contributed by atoms with van der Waals surface area (Å²) in [5.41, 5.74) is 6.29. The van der Waals surface area contributed by atoms with Gasteiger partial charge in [0.25, 0.3) is 5.91 Å². The first-order chi connectivity index (χ1) is 10.1. The quantitative estimate of drug-likeness (QED) is 0.792. The number of nitrogens with one attached hydrogen (secondary N) is 1. The maximum atomic E-state index is 10.7. The fourth-order valence-corrected chi connectivity index (χ4v) is 2.90. The third-order valence-corrected chi connectivity index (χ3v) is 4.23. The second-order valence-electron chi connectivity index (χ2n) is 6.00. The van der Waals surface area contributed by atoms with Crippen molar-refractivity contribution in [3.8, 4) is 5.75 Å². The van der Waals surface area contributed by atoms with Crippen molar-refractivity contribution < 1.29 is 9.53 Å². The van der Waals surface area contributed by atoms with E-state index in [9.17, 15) is 4.79 Å². The number of ether oxygens (including phenoxy) is 1. The van der Waals surface area contributed by atoms with Crippen LogP contribution in [0.25, 0.3) is 0 Å². The topological polar surface area (TPSA) is 64.3 Å². The van der Waals surface area contributed by atoms with E-state index in [-0.39, 0.29) is 6.61 Å². The Morgan fingerprint density at radius 2 is 1.95 bits per heavy atom. The van der Waals surface area contributed by atoms with Crippen molar-refractivity contribution in [3.05, 3.63) is 29.8 Å². The number of carbonyl (C=O) groups excluding carboxylic acids is 1. The average Bonchev–Trinajstić information content (AvgIpc) is 2.68. The lowest BCUT2D eigenvalue weighted by Gasteiger charge is -2.23. The molecule has 3 N–H and O–H groups in total. The lowest BCUT2D eigenvalue weighted by Crippen LogP contribution is -2.33. The van der Waals surface area contributed by atoms with Crippen molar-refractivity contribution in [3.63, 3.8) is 0 Å². The Morgan fingerprint density at radius 3 is 2.67 bits per heavy atom. The Morgan fingerprint density at radius 1 is 1.24 bits per heavy atom. The van der Waals surface area contributed by atoms with Gasteiger partial charge in [0.15, 0.2) is 6.61 Å². The molecule has 0 spiro atoms. The summed E-state index contributed by atoms with van der Waals surface area (Å²) in [5.74, 6) is 0.981. The fourth-order valence-electron chi connectivity index (χ4n) is 2.90. The molecule has 4 nitrogen and oxygen atoms in total. The highest BCUT2D eigenvalue weighted by molar-refractivity contribution is 5.75. The molecule has 4 heteroatoms. The third-order valence-electron chi connectivity index (χ3n) is 4.23. The van der Waals surface area contributed by atoms with Crippen LogP contribution in [0, 0.1) is 5.92 Å². The molecule has 0 radical (unpaired) electrons. The van der Waals surface area contributed by atoms with Crippen molar-refractivity contribution in [2.45, 2.75) is 51.6 Å². The van der Waals surface area contributed by atoms with E-state index in [0.29, 0.717) is 11.8 Å².